The molecule has 2 amide bonds. The topological polar surface area (TPSA) is 163 Å². The van der Waals surface area contributed by atoms with E-state index in [4.69, 9.17) is 18.9 Å². The molecular weight excluding hydrogens is 833 g/mol. The first-order valence-corrected chi connectivity index (χ1v) is 13.8. The van der Waals surface area contributed by atoms with E-state index in [1.54, 1.807) is 6.07 Å². The highest BCUT2D eigenvalue weighted by molar-refractivity contribution is 14.1. The zero-order valence-electron chi connectivity index (χ0n) is 20.3. The third-order valence-corrected chi connectivity index (χ3v) is 7.00. The molecule has 15 heteroatoms. The van der Waals surface area contributed by atoms with E-state index in [1.165, 1.54) is 27.7 Å². The molecule has 0 spiro atoms. The lowest BCUT2D eigenvalue weighted by Gasteiger charge is -2.20. The molecule has 0 bridgehead atoms. The molecule has 12 nitrogen and oxygen atoms in total. The van der Waals surface area contributed by atoms with Crippen LogP contribution < -0.4 is 10.6 Å². The lowest BCUT2D eigenvalue weighted by molar-refractivity contribution is -0.155. The molecule has 2 unspecified atom stereocenters. The van der Waals surface area contributed by atoms with Crippen LogP contribution in [0.5, 0.6) is 0 Å². The molecule has 0 saturated carbocycles. The fraction of sp³-hybridized carbons (Fsp3) is 0.455. The highest BCUT2D eigenvalue weighted by atomic mass is 127. The first-order chi connectivity index (χ1) is 17.2. The third kappa shape index (κ3) is 12.1. The van der Waals surface area contributed by atoms with Gasteiger partial charge < -0.3 is 29.6 Å². The number of amides is 2. The molecule has 0 aromatic heterocycles. The van der Waals surface area contributed by atoms with E-state index in [2.05, 4.69) is 10.6 Å². The molecule has 1 aromatic carbocycles. The molecule has 0 fully saturated rings. The molecule has 0 aliphatic carbocycles. The van der Waals surface area contributed by atoms with Gasteiger partial charge in [0.2, 0.25) is 0 Å². The van der Waals surface area contributed by atoms with Crippen LogP contribution >= 0.6 is 67.8 Å². The van der Waals surface area contributed by atoms with Gasteiger partial charge in [0.15, 0.2) is 12.2 Å². The summed E-state index contributed by atoms with van der Waals surface area (Å²) < 4.78 is 21.4. The highest BCUT2D eigenvalue weighted by Gasteiger charge is 2.26. The van der Waals surface area contributed by atoms with E-state index in [0.717, 1.165) is 0 Å². The molecular formula is C22H25I3N2O10. The van der Waals surface area contributed by atoms with Crippen molar-refractivity contribution in [2.75, 3.05) is 26.3 Å². The Hall–Kier alpha value is -1.77. The predicted molar refractivity (Wildman–Crippen MR) is 154 cm³/mol. The Morgan fingerprint density at radius 3 is 1.32 bits per heavy atom. The first kappa shape index (κ1) is 33.3. The van der Waals surface area contributed by atoms with Gasteiger partial charge in [0.05, 0.1) is 24.2 Å². The maximum atomic E-state index is 13.0. The lowest BCUT2D eigenvalue weighted by atomic mass is 10.1. The van der Waals surface area contributed by atoms with Crippen LogP contribution in [0.15, 0.2) is 6.07 Å². The Labute approximate surface area is 254 Å². The van der Waals surface area contributed by atoms with E-state index in [0.29, 0.717) is 10.7 Å². The second kappa shape index (κ2) is 16.2. The molecule has 2 atom stereocenters. The summed E-state index contributed by atoms with van der Waals surface area (Å²) in [6.07, 6.45) is -1.80. The molecule has 0 aliphatic heterocycles. The van der Waals surface area contributed by atoms with Crippen molar-refractivity contribution in [3.63, 3.8) is 0 Å². The average Bonchev–Trinajstić information content (AvgIpc) is 2.76. The number of halogens is 3. The summed E-state index contributed by atoms with van der Waals surface area (Å²) in [5, 5.41) is 5.27. The highest BCUT2D eigenvalue weighted by Crippen LogP contribution is 2.28. The molecule has 37 heavy (non-hydrogen) atoms. The number of carbonyl (C=O) groups excluding carboxylic acids is 6. The van der Waals surface area contributed by atoms with E-state index < -0.39 is 47.9 Å². The maximum absolute atomic E-state index is 13.0. The Morgan fingerprint density at radius 2 is 1.03 bits per heavy atom. The van der Waals surface area contributed by atoms with Crippen molar-refractivity contribution in [3.8, 4) is 0 Å². The fourth-order valence-electron chi connectivity index (χ4n) is 2.76. The van der Waals surface area contributed by atoms with Crippen molar-refractivity contribution in [2.24, 2.45) is 0 Å². The Balaban J connectivity index is 3.06. The number of carbonyl (C=O) groups is 6. The van der Waals surface area contributed by atoms with E-state index in [1.807, 2.05) is 67.8 Å². The van der Waals surface area contributed by atoms with Gasteiger partial charge in [-0.1, -0.05) is 0 Å². The Morgan fingerprint density at radius 1 is 0.676 bits per heavy atom. The van der Waals surface area contributed by atoms with Crippen molar-refractivity contribution >= 4 is 103 Å². The van der Waals surface area contributed by atoms with Crippen molar-refractivity contribution < 1.29 is 47.7 Å². The Kier molecular flexibility index (Phi) is 14.6. The van der Waals surface area contributed by atoms with Crippen molar-refractivity contribution in [1.82, 2.24) is 10.6 Å². The molecule has 204 valence electrons. The van der Waals surface area contributed by atoms with Gasteiger partial charge in [-0.3, -0.25) is 28.8 Å². The van der Waals surface area contributed by atoms with Crippen LogP contribution in [0.25, 0.3) is 0 Å². The van der Waals surface area contributed by atoms with Gasteiger partial charge in [-0.15, -0.1) is 0 Å². The number of ether oxygens (including phenoxy) is 4. The maximum Gasteiger partial charge on any atom is 0.303 e. The third-order valence-electron chi connectivity index (χ3n) is 4.22. The van der Waals surface area contributed by atoms with Crippen LogP contribution in [0.1, 0.15) is 48.4 Å². The molecule has 1 rings (SSSR count). The van der Waals surface area contributed by atoms with Gasteiger partial charge >= 0.3 is 23.9 Å². The molecule has 0 aliphatic rings. The summed E-state index contributed by atoms with van der Waals surface area (Å²) in [6, 6.07) is 1.65. The summed E-state index contributed by atoms with van der Waals surface area (Å²) in [5.74, 6) is -3.41. The number of hydrogen-bond acceptors (Lipinski definition) is 10. The number of benzene rings is 1. The summed E-state index contributed by atoms with van der Waals surface area (Å²) in [6.45, 7) is 4.06. The van der Waals surface area contributed by atoms with Crippen LogP contribution in [0.3, 0.4) is 0 Å². The number of rotatable bonds is 12. The first-order valence-electron chi connectivity index (χ1n) is 10.6. The number of nitrogens with one attached hydrogen (secondary N) is 2. The van der Waals surface area contributed by atoms with Gasteiger partial charge in [0, 0.05) is 38.4 Å². The van der Waals surface area contributed by atoms with Gasteiger partial charge in [0.1, 0.15) is 13.2 Å². The zero-order valence-corrected chi connectivity index (χ0v) is 26.7. The SMILES string of the molecule is CC(=O)OCC(CNC(=O)c1c(I)cc(I)c(C(=O)NCC(COC(C)=O)OC(C)=O)c1I)OC(C)=O. The van der Waals surface area contributed by atoms with Crippen molar-refractivity contribution in [1.29, 1.82) is 0 Å². The quantitative estimate of drug-likeness (QED) is 0.181. The summed E-state index contributed by atoms with van der Waals surface area (Å²) >= 11 is 5.82. The van der Waals surface area contributed by atoms with E-state index >= 15 is 0 Å². The molecule has 0 saturated heterocycles. The van der Waals surface area contributed by atoms with Gasteiger partial charge in [-0.05, 0) is 73.8 Å². The van der Waals surface area contributed by atoms with Crippen LogP contribution in [0, 0.1) is 10.7 Å². The van der Waals surface area contributed by atoms with Crippen LogP contribution in [-0.2, 0) is 38.1 Å². The molecule has 1 aromatic rings. The van der Waals surface area contributed by atoms with E-state index in [-0.39, 0.29) is 37.4 Å². The smallest absolute Gasteiger partial charge is 0.303 e. The van der Waals surface area contributed by atoms with Crippen LogP contribution in [0.2, 0.25) is 0 Å². The second-order valence-electron chi connectivity index (χ2n) is 7.39. The van der Waals surface area contributed by atoms with Gasteiger partial charge in [-0.2, -0.15) is 0 Å². The fourth-order valence-corrected chi connectivity index (χ4v) is 7.11. The summed E-state index contributed by atoms with van der Waals surface area (Å²) in [4.78, 5) is 70.9. The average molecular weight is 858 g/mol. The number of hydrogen-bond donors (Lipinski definition) is 2. The number of esters is 4. The normalized spacial score (nSPS) is 12.0. The summed E-state index contributed by atoms with van der Waals surface area (Å²) in [7, 11) is 0. The van der Waals surface area contributed by atoms with Crippen molar-refractivity contribution in [3.05, 3.63) is 27.9 Å². The molecule has 2 N–H and O–H groups in total. The zero-order chi connectivity index (χ0) is 28.3. The van der Waals surface area contributed by atoms with Crippen molar-refractivity contribution in [2.45, 2.75) is 39.9 Å². The second-order valence-corrected chi connectivity index (χ2v) is 10.8. The van der Waals surface area contributed by atoms with E-state index in [9.17, 15) is 28.8 Å². The molecule has 0 heterocycles. The Bertz CT molecular complexity index is 985. The van der Waals surface area contributed by atoms with Crippen LogP contribution in [-0.4, -0.2) is 74.2 Å². The largest absolute Gasteiger partial charge is 0.462 e. The molecule has 0 radical (unpaired) electrons. The summed E-state index contributed by atoms with van der Waals surface area (Å²) in [5.41, 5.74) is 0.439. The minimum Gasteiger partial charge on any atom is -0.462 e. The predicted octanol–water partition coefficient (Wildman–Crippen LogP) is 1.95. The standard InChI is InChI=1S/C22H25I3N2O10/c1-10(28)34-8-14(36-12(3)30)6-26-21(32)18-16(23)5-17(24)19(20(18)25)22(33)27-7-15(37-13(4)31)9-35-11(2)29/h5,14-15H,6-9H2,1-4H3,(H,26,32)(H,27,33). The minimum atomic E-state index is -0.900. The van der Waals surface area contributed by atoms with Crippen LogP contribution in [0.4, 0.5) is 0 Å². The monoisotopic (exact) mass is 858 g/mol. The lowest BCUT2D eigenvalue weighted by Crippen LogP contribution is -2.39. The van der Waals surface area contributed by atoms with Gasteiger partial charge in [0.25, 0.3) is 11.8 Å². The minimum absolute atomic E-state index is 0.133. The van der Waals surface area contributed by atoms with Gasteiger partial charge in [-0.25, -0.2) is 0 Å².